The SMILES string of the molecule is CCCNC(=O)[C@@H]1C[C@H]1c1ccccc1. The maximum absolute atomic E-state index is 11.6. The minimum absolute atomic E-state index is 0.221. The molecule has 80 valence electrons. The zero-order valence-electron chi connectivity index (χ0n) is 9.07. The average Bonchev–Trinajstić information content (AvgIpc) is 3.07. The van der Waals surface area contributed by atoms with Gasteiger partial charge in [-0.05, 0) is 24.3 Å². The fourth-order valence-electron chi connectivity index (χ4n) is 1.93. The van der Waals surface area contributed by atoms with E-state index in [-0.39, 0.29) is 11.8 Å². The molecule has 1 fully saturated rings. The first-order chi connectivity index (χ1) is 7.33. The Hall–Kier alpha value is -1.31. The lowest BCUT2D eigenvalue weighted by molar-refractivity contribution is -0.122. The molecule has 1 amide bonds. The molecule has 0 saturated heterocycles. The molecule has 0 aliphatic heterocycles. The van der Waals surface area contributed by atoms with E-state index < -0.39 is 0 Å². The second-order valence-corrected chi connectivity index (χ2v) is 4.15. The van der Waals surface area contributed by atoms with Crippen molar-refractivity contribution >= 4 is 5.91 Å². The van der Waals surface area contributed by atoms with Crippen molar-refractivity contribution in [2.75, 3.05) is 6.54 Å². The minimum Gasteiger partial charge on any atom is -0.356 e. The highest BCUT2D eigenvalue weighted by molar-refractivity contribution is 5.82. The number of carbonyl (C=O) groups excluding carboxylic acids is 1. The summed E-state index contributed by atoms with van der Waals surface area (Å²) in [6.45, 7) is 2.87. The van der Waals surface area contributed by atoms with Crippen molar-refractivity contribution in [3.05, 3.63) is 35.9 Å². The fraction of sp³-hybridized carbons (Fsp3) is 0.462. The highest BCUT2D eigenvalue weighted by Crippen LogP contribution is 2.47. The van der Waals surface area contributed by atoms with E-state index in [4.69, 9.17) is 0 Å². The van der Waals surface area contributed by atoms with Crippen molar-refractivity contribution < 1.29 is 4.79 Å². The molecule has 1 aromatic carbocycles. The molecule has 1 N–H and O–H groups in total. The van der Waals surface area contributed by atoms with Crippen LogP contribution in [-0.2, 0) is 4.79 Å². The number of benzene rings is 1. The molecule has 0 heterocycles. The molecule has 0 radical (unpaired) electrons. The third-order valence-corrected chi connectivity index (χ3v) is 2.90. The molecular formula is C13H17NO. The summed E-state index contributed by atoms with van der Waals surface area (Å²) in [5.74, 6) is 0.910. The van der Waals surface area contributed by atoms with Gasteiger partial charge in [-0.25, -0.2) is 0 Å². The maximum Gasteiger partial charge on any atom is 0.223 e. The van der Waals surface area contributed by atoms with Gasteiger partial charge in [-0.3, -0.25) is 4.79 Å². The van der Waals surface area contributed by atoms with Gasteiger partial charge in [0.25, 0.3) is 0 Å². The number of nitrogens with one attached hydrogen (secondary N) is 1. The zero-order chi connectivity index (χ0) is 10.7. The van der Waals surface area contributed by atoms with Crippen molar-refractivity contribution in [3.8, 4) is 0 Å². The van der Waals surface area contributed by atoms with Crippen molar-refractivity contribution in [1.82, 2.24) is 5.32 Å². The standard InChI is InChI=1S/C13H17NO/c1-2-8-14-13(15)12-9-11(12)10-6-4-3-5-7-10/h3-7,11-12H,2,8-9H2,1H3,(H,14,15)/t11-,12+/m0/s1. The van der Waals surface area contributed by atoms with Crippen LogP contribution in [0.4, 0.5) is 0 Å². The summed E-state index contributed by atoms with van der Waals surface area (Å²) in [5, 5.41) is 2.96. The van der Waals surface area contributed by atoms with Crippen LogP contribution < -0.4 is 5.32 Å². The molecule has 1 aromatic rings. The van der Waals surface area contributed by atoms with Crippen LogP contribution in [0.2, 0.25) is 0 Å². The van der Waals surface area contributed by atoms with E-state index in [0.29, 0.717) is 5.92 Å². The van der Waals surface area contributed by atoms with E-state index in [9.17, 15) is 4.79 Å². The summed E-state index contributed by atoms with van der Waals surface area (Å²) >= 11 is 0. The van der Waals surface area contributed by atoms with E-state index in [1.807, 2.05) is 18.2 Å². The summed E-state index contributed by atoms with van der Waals surface area (Å²) in [7, 11) is 0. The smallest absolute Gasteiger partial charge is 0.223 e. The van der Waals surface area contributed by atoms with Gasteiger partial charge in [0.05, 0.1) is 0 Å². The van der Waals surface area contributed by atoms with E-state index in [1.54, 1.807) is 0 Å². The summed E-state index contributed by atoms with van der Waals surface area (Å²) in [6.07, 6.45) is 2.02. The monoisotopic (exact) mass is 203 g/mol. The van der Waals surface area contributed by atoms with Gasteiger partial charge in [0, 0.05) is 12.5 Å². The second-order valence-electron chi connectivity index (χ2n) is 4.15. The lowest BCUT2D eigenvalue weighted by Gasteiger charge is -2.02. The summed E-state index contributed by atoms with van der Waals surface area (Å²) in [6, 6.07) is 10.3. The fourth-order valence-corrected chi connectivity index (χ4v) is 1.93. The number of hydrogen-bond acceptors (Lipinski definition) is 1. The minimum atomic E-state index is 0.221. The van der Waals surface area contributed by atoms with Crippen LogP contribution in [0, 0.1) is 5.92 Å². The molecular weight excluding hydrogens is 186 g/mol. The topological polar surface area (TPSA) is 29.1 Å². The first-order valence-electron chi connectivity index (χ1n) is 5.65. The van der Waals surface area contributed by atoms with Gasteiger partial charge < -0.3 is 5.32 Å². The van der Waals surface area contributed by atoms with Gasteiger partial charge in [0.1, 0.15) is 0 Å². The molecule has 15 heavy (non-hydrogen) atoms. The third-order valence-electron chi connectivity index (χ3n) is 2.90. The Bertz CT molecular complexity index is 334. The van der Waals surface area contributed by atoms with Crippen molar-refractivity contribution in [3.63, 3.8) is 0 Å². The van der Waals surface area contributed by atoms with Crippen LogP contribution >= 0.6 is 0 Å². The second kappa shape index (κ2) is 4.47. The van der Waals surface area contributed by atoms with Crippen molar-refractivity contribution in [2.45, 2.75) is 25.7 Å². The van der Waals surface area contributed by atoms with Crippen molar-refractivity contribution in [1.29, 1.82) is 0 Å². The predicted octanol–water partition coefficient (Wildman–Crippen LogP) is 2.32. The Morgan fingerprint density at radius 2 is 2.13 bits per heavy atom. The van der Waals surface area contributed by atoms with E-state index in [2.05, 4.69) is 24.4 Å². The first kappa shape index (κ1) is 10.2. The highest BCUT2D eigenvalue weighted by Gasteiger charge is 2.43. The third kappa shape index (κ3) is 2.38. The van der Waals surface area contributed by atoms with Gasteiger partial charge in [0.2, 0.25) is 5.91 Å². The Morgan fingerprint density at radius 3 is 2.80 bits per heavy atom. The van der Waals surface area contributed by atoms with E-state index in [0.717, 1.165) is 19.4 Å². The lowest BCUT2D eigenvalue weighted by atomic mass is 10.1. The molecule has 2 atom stereocenters. The van der Waals surface area contributed by atoms with E-state index >= 15 is 0 Å². The average molecular weight is 203 g/mol. The Morgan fingerprint density at radius 1 is 1.40 bits per heavy atom. The summed E-state index contributed by atoms with van der Waals surface area (Å²) < 4.78 is 0. The van der Waals surface area contributed by atoms with Crippen molar-refractivity contribution in [2.24, 2.45) is 5.92 Å². The summed E-state index contributed by atoms with van der Waals surface area (Å²) in [5.41, 5.74) is 1.30. The lowest BCUT2D eigenvalue weighted by Crippen LogP contribution is -2.25. The van der Waals surface area contributed by atoms with Gasteiger partial charge in [-0.15, -0.1) is 0 Å². The van der Waals surface area contributed by atoms with Gasteiger partial charge in [-0.2, -0.15) is 0 Å². The quantitative estimate of drug-likeness (QED) is 0.799. The van der Waals surface area contributed by atoms with Crippen LogP contribution in [0.3, 0.4) is 0 Å². The van der Waals surface area contributed by atoms with E-state index in [1.165, 1.54) is 5.56 Å². The van der Waals surface area contributed by atoms with Gasteiger partial charge in [-0.1, -0.05) is 37.3 Å². The van der Waals surface area contributed by atoms with Crippen LogP contribution in [0.1, 0.15) is 31.2 Å². The number of rotatable bonds is 4. The van der Waals surface area contributed by atoms with Crippen LogP contribution in [0.25, 0.3) is 0 Å². The first-order valence-corrected chi connectivity index (χ1v) is 5.65. The Balaban J connectivity index is 1.88. The van der Waals surface area contributed by atoms with Gasteiger partial charge >= 0.3 is 0 Å². The molecule has 0 aromatic heterocycles. The molecule has 0 spiro atoms. The molecule has 1 aliphatic rings. The number of carbonyl (C=O) groups is 1. The number of amides is 1. The summed E-state index contributed by atoms with van der Waals surface area (Å²) in [4.78, 5) is 11.6. The molecule has 1 saturated carbocycles. The maximum atomic E-state index is 11.6. The molecule has 0 unspecified atom stereocenters. The van der Waals surface area contributed by atoms with Crippen LogP contribution in [-0.4, -0.2) is 12.5 Å². The number of hydrogen-bond donors (Lipinski definition) is 1. The Labute approximate surface area is 90.7 Å². The molecule has 1 aliphatic carbocycles. The largest absolute Gasteiger partial charge is 0.356 e. The normalized spacial score (nSPS) is 23.5. The van der Waals surface area contributed by atoms with Crippen LogP contribution in [0.15, 0.2) is 30.3 Å². The van der Waals surface area contributed by atoms with Gasteiger partial charge in [0.15, 0.2) is 0 Å². The zero-order valence-corrected chi connectivity index (χ0v) is 9.07. The highest BCUT2D eigenvalue weighted by atomic mass is 16.2. The predicted molar refractivity (Wildman–Crippen MR) is 60.6 cm³/mol. The molecule has 2 rings (SSSR count). The molecule has 0 bridgehead atoms. The molecule has 2 heteroatoms. The molecule has 2 nitrogen and oxygen atoms in total. The van der Waals surface area contributed by atoms with Crippen LogP contribution in [0.5, 0.6) is 0 Å². The Kier molecular flexibility index (Phi) is 3.05.